The smallest absolute Gasteiger partial charge is 0.338 e. The number of methoxy groups -OCH3 is 1. The summed E-state index contributed by atoms with van der Waals surface area (Å²) >= 11 is 0. The fraction of sp³-hybridized carbons (Fsp3) is 0.273. The number of nitrogens with one attached hydrogen (secondary N) is 1. The van der Waals surface area contributed by atoms with Crippen molar-refractivity contribution in [2.75, 3.05) is 13.7 Å². The van der Waals surface area contributed by atoms with Crippen LogP contribution in [0.4, 0.5) is 0 Å². The first kappa shape index (κ1) is 19.6. The Hall–Kier alpha value is -3.70. The van der Waals surface area contributed by atoms with Crippen molar-refractivity contribution in [3.63, 3.8) is 0 Å². The third-order valence-electron chi connectivity index (χ3n) is 5.18. The van der Waals surface area contributed by atoms with E-state index in [2.05, 4.69) is 15.5 Å². The van der Waals surface area contributed by atoms with Crippen LogP contribution in [-0.4, -0.2) is 29.8 Å². The maximum Gasteiger partial charge on any atom is 0.338 e. The molecule has 0 radical (unpaired) electrons. The molecule has 1 aliphatic heterocycles. The lowest BCUT2D eigenvalue weighted by Crippen LogP contribution is -2.17. The molecule has 0 aliphatic carbocycles. The van der Waals surface area contributed by atoms with E-state index in [1.807, 2.05) is 31.2 Å². The molecule has 0 fully saturated rings. The summed E-state index contributed by atoms with van der Waals surface area (Å²) in [5.74, 6) is 0.884. The van der Waals surface area contributed by atoms with Gasteiger partial charge in [0, 0.05) is 23.9 Å². The number of carbonyl (C=O) groups is 1. The van der Waals surface area contributed by atoms with Crippen molar-refractivity contribution in [3.8, 4) is 23.2 Å². The van der Waals surface area contributed by atoms with Gasteiger partial charge in [-0.1, -0.05) is 11.2 Å². The van der Waals surface area contributed by atoms with Crippen LogP contribution in [0, 0.1) is 18.3 Å². The zero-order valence-corrected chi connectivity index (χ0v) is 16.7. The highest BCUT2D eigenvalue weighted by Crippen LogP contribution is 2.26. The molecule has 1 aromatic carbocycles. The molecule has 152 valence electrons. The van der Waals surface area contributed by atoms with Gasteiger partial charge in [0.15, 0.2) is 5.76 Å². The zero-order chi connectivity index (χ0) is 21.1. The first-order valence-corrected chi connectivity index (χ1v) is 9.50. The molecule has 0 saturated heterocycles. The fourth-order valence-corrected chi connectivity index (χ4v) is 3.45. The van der Waals surface area contributed by atoms with Crippen molar-refractivity contribution in [1.82, 2.24) is 15.5 Å². The topological polar surface area (TPSA) is 110 Å². The fourth-order valence-electron chi connectivity index (χ4n) is 3.45. The number of carbonyl (C=O) groups excluding carboxylic acids is 1. The van der Waals surface area contributed by atoms with Gasteiger partial charge in [-0.05, 0) is 37.1 Å². The molecular weight excluding hydrogens is 384 g/mol. The summed E-state index contributed by atoms with van der Waals surface area (Å²) < 4.78 is 15.7. The number of aromatic nitrogens is 2. The molecule has 0 atom stereocenters. The van der Waals surface area contributed by atoms with Crippen LogP contribution in [0.5, 0.6) is 5.75 Å². The summed E-state index contributed by atoms with van der Waals surface area (Å²) in [6.45, 7) is 3.65. The number of esters is 1. The average Bonchev–Trinajstić information content (AvgIpc) is 3.39. The number of nitriles is 1. The summed E-state index contributed by atoms with van der Waals surface area (Å²) in [6.07, 6.45) is 2.28. The number of nitrogens with zero attached hydrogens (tertiary/aromatic N) is 3. The van der Waals surface area contributed by atoms with E-state index in [1.165, 1.54) is 18.9 Å². The summed E-state index contributed by atoms with van der Waals surface area (Å²) in [5.41, 5.74) is 5.48. The lowest BCUT2D eigenvalue weighted by atomic mass is 9.97. The van der Waals surface area contributed by atoms with Gasteiger partial charge in [0.05, 0.1) is 24.9 Å². The van der Waals surface area contributed by atoms with Gasteiger partial charge < -0.3 is 19.3 Å². The Kier molecular flexibility index (Phi) is 5.46. The van der Waals surface area contributed by atoms with Crippen LogP contribution >= 0.6 is 0 Å². The molecule has 0 bridgehead atoms. The molecule has 0 spiro atoms. The molecular formula is C22H20N4O4. The average molecular weight is 404 g/mol. The van der Waals surface area contributed by atoms with Gasteiger partial charge in [0.2, 0.25) is 0 Å². The second-order valence-electron chi connectivity index (χ2n) is 6.94. The van der Waals surface area contributed by atoms with Gasteiger partial charge in [-0.2, -0.15) is 5.26 Å². The molecule has 8 nitrogen and oxygen atoms in total. The van der Waals surface area contributed by atoms with Gasteiger partial charge in [0.25, 0.3) is 0 Å². The highest BCUT2D eigenvalue weighted by atomic mass is 16.5. The second kappa shape index (κ2) is 8.35. The maximum absolute atomic E-state index is 11.6. The van der Waals surface area contributed by atoms with Crippen LogP contribution < -0.4 is 10.1 Å². The van der Waals surface area contributed by atoms with E-state index in [-0.39, 0.29) is 5.97 Å². The van der Waals surface area contributed by atoms with E-state index < -0.39 is 0 Å². The zero-order valence-electron chi connectivity index (χ0n) is 16.7. The van der Waals surface area contributed by atoms with Crippen LogP contribution in [-0.2, 0) is 24.3 Å². The number of pyridine rings is 1. The highest BCUT2D eigenvalue weighted by molar-refractivity contribution is 5.93. The molecule has 0 unspecified atom stereocenters. The van der Waals surface area contributed by atoms with E-state index in [0.717, 1.165) is 24.1 Å². The molecule has 4 rings (SSSR count). The van der Waals surface area contributed by atoms with E-state index in [0.29, 0.717) is 47.2 Å². The minimum atomic E-state index is -0.242. The number of hydrogen-bond acceptors (Lipinski definition) is 8. The Morgan fingerprint density at radius 3 is 2.97 bits per heavy atom. The number of ether oxygens (including phenoxy) is 2. The van der Waals surface area contributed by atoms with Gasteiger partial charge in [-0.3, -0.25) is 4.98 Å². The minimum absolute atomic E-state index is 0.242. The summed E-state index contributed by atoms with van der Waals surface area (Å²) in [5, 5.41) is 16.5. The molecule has 3 aromatic rings. The van der Waals surface area contributed by atoms with Crippen LogP contribution in [0.1, 0.15) is 38.4 Å². The Bertz CT molecular complexity index is 1150. The van der Waals surface area contributed by atoms with Crippen molar-refractivity contribution in [3.05, 3.63) is 64.0 Å². The number of hydrogen-bond donors (Lipinski definition) is 1. The van der Waals surface area contributed by atoms with Crippen LogP contribution in [0.2, 0.25) is 0 Å². The Morgan fingerprint density at radius 2 is 2.17 bits per heavy atom. The largest absolute Gasteiger partial charge is 0.495 e. The monoisotopic (exact) mass is 404 g/mol. The van der Waals surface area contributed by atoms with E-state index >= 15 is 0 Å². The predicted octanol–water partition coefficient (Wildman–Crippen LogP) is 2.93. The molecule has 8 heteroatoms. The highest BCUT2D eigenvalue weighted by Gasteiger charge is 2.23. The number of benzene rings is 1. The molecule has 1 N–H and O–H groups in total. The minimum Gasteiger partial charge on any atom is -0.495 e. The van der Waals surface area contributed by atoms with Crippen LogP contribution in [0.25, 0.3) is 11.4 Å². The summed E-state index contributed by atoms with van der Waals surface area (Å²) in [4.78, 5) is 15.9. The van der Waals surface area contributed by atoms with Crippen molar-refractivity contribution in [2.24, 2.45) is 0 Å². The summed E-state index contributed by atoms with van der Waals surface area (Å²) in [7, 11) is 1.51. The predicted molar refractivity (Wildman–Crippen MR) is 107 cm³/mol. The quantitative estimate of drug-likeness (QED) is 0.473. The molecule has 1 aliphatic rings. The SMILES string of the molecule is COc1cc(-c2cc(CNCCc3ccc4c(c3C)COC4=O)on2)ncc1C#N. The third-order valence-corrected chi connectivity index (χ3v) is 5.18. The number of cyclic esters (lactones) is 1. The van der Waals surface area contributed by atoms with Crippen molar-refractivity contribution >= 4 is 5.97 Å². The second-order valence-corrected chi connectivity index (χ2v) is 6.94. The standard InChI is InChI=1S/C22H20N4O4/c1-13-14(3-4-17-18(13)12-29-22(17)27)5-6-24-11-16-7-20(26-30-16)19-8-21(28-2)15(9-23)10-25-19/h3-4,7-8,10,24H,5-6,11-12H2,1-2H3. The Labute approximate surface area is 173 Å². The third kappa shape index (κ3) is 3.75. The van der Waals surface area contributed by atoms with Gasteiger partial charge in [-0.25, -0.2) is 4.79 Å². The normalized spacial score (nSPS) is 12.4. The van der Waals surface area contributed by atoms with E-state index in [1.54, 1.807) is 6.07 Å². The van der Waals surface area contributed by atoms with Crippen LogP contribution in [0.15, 0.2) is 35.0 Å². The van der Waals surface area contributed by atoms with E-state index in [4.69, 9.17) is 19.3 Å². The first-order valence-electron chi connectivity index (χ1n) is 9.50. The van der Waals surface area contributed by atoms with Crippen molar-refractivity contribution in [1.29, 1.82) is 5.26 Å². The maximum atomic E-state index is 11.6. The van der Waals surface area contributed by atoms with Gasteiger partial charge in [-0.15, -0.1) is 0 Å². The molecule has 3 heterocycles. The Balaban J connectivity index is 1.35. The van der Waals surface area contributed by atoms with Crippen molar-refractivity contribution < 1.29 is 18.8 Å². The van der Waals surface area contributed by atoms with E-state index in [9.17, 15) is 4.79 Å². The van der Waals surface area contributed by atoms with Gasteiger partial charge >= 0.3 is 5.97 Å². The summed E-state index contributed by atoms with van der Waals surface area (Å²) in [6, 6.07) is 9.34. The molecule has 0 saturated carbocycles. The first-order chi connectivity index (χ1) is 14.6. The molecule has 2 aromatic heterocycles. The lowest BCUT2D eigenvalue weighted by Gasteiger charge is -2.09. The van der Waals surface area contributed by atoms with Crippen LogP contribution in [0.3, 0.4) is 0 Å². The molecule has 30 heavy (non-hydrogen) atoms. The van der Waals surface area contributed by atoms with Gasteiger partial charge in [0.1, 0.15) is 29.7 Å². The number of fused-ring (bicyclic) bond motifs is 1. The lowest BCUT2D eigenvalue weighted by molar-refractivity contribution is 0.0535. The Morgan fingerprint density at radius 1 is 1.30 bits per heavy atom. The number of rotatable bonds is 7. The molecule has 0 amide bonds. The van der Waals surface area contributed by atoms with Crippen molar-refractivity contribution in [2.45, 2.75) is 26.5 Å².